The molecule has 4 rings (SSSR count). The van der Waals surface area contributed by atoms with Gasteiger partial charge in [-0.05, 0) is 74.5 Å². The molecule has 0 amide bonds. The summed E-state index contributed by atoms with van der Waals surface area (Å²) in [5.74, 6) is 1.66. The highest BCUT2D eigenvalue weighted by Gasteiger charge is 2.43. The molecule has 2 aliphatic rings. The van der Waals surface area contributed by atoms with Crippen LogP contribution in [0.25, 0.3) is 0 Å². The molecule has 2 unspecified atom stereocenters. The minimum atomic E-state index is 0.142. The van der Waals surface area contributed by atoms with Gasteiger partial charge < -0.3 is 9.64 Å². The van der Waals surface area contributed by atoms with Crippen molar-refractivity contribution in [2.75, 3.05) is 26.2 Å². The third-order valence-corrected chi connectivity index (χ3v) is 5.83. The topological polar surface area (TPSA) is 29.5 Å². The number of carbonyl (C=O) groups is 1. The van der Waals surface area contributed by atoms with Crippen molar-refractivity contribution in [3.63, 3.8) is 0 Å². The summed E-state index contributed by atoms with van der Waals surface area (Å²) in [7, 11) is 0. The smallest absolute Gasteiger partial charge is 0.166 e. The van der Waals surface area contributed by atoms with Crippen LogP contribution >= 0.6 is 0 Å². The predicted molar refractivity (Wildman–Crippen MR) is 108 cm³/mol. The summed E-state index contributed by atoms with van der Waals surface area (Å²) >= 11 is 0. The number of piperidine rings is 1. The predicted octanol–water partition coefficient (Wildman–Crippen LogP) is 4.93. The highest BCUT2D eigenvalue weighted by atomic mass is 16.5. The van der Waals surface area contributed by atoms with E-state index in [1.807, 2.05) is 42.5 Å². The summed E-state index contributed by atoms with van der Waals surface area (Å²) in [5, 5.41) is 0. The van der Waals surface area contributed by atoms with Crippen molar-refractivity contribution in [2.24, 2.45) is 5.92 Å². The van der Waals surface area contributed by atoms with Gasteiger partial charge in [0.2, 0.25) is 0 Å². The molecule has 0 N–H and O–H groups in total. The third-order valence-electron chi connectivity index (χ3n) is 5.83. The lowest BCUT2D eigenvalue weighted by atomic mass is 10.0. The lowest BCUT2D eigenvalue weighted by Crippen LogP contribution is -2.31. The fourth-order valence-corrected chi connectivity index (χ4v) is 4.14. The van der Waals surface area contributed by atoms with Gasteiger partial charge in [0.05, 0.1) is 6.61 Å². The molecule has 1 saturated heterocycles. The van der Waals surface area contributed by atoms with Gasteiger partial charge in [-0.15, -0.1) is 0 Å². The van der Waals surface area contributed by atoms with Crippen molar-refractivity contribution in [3.05, 3.63) is 65.7 Å². The van der Waals surface area contributed by atoms with E-state index in [0.717, 1.165) is 37.3 Å². The Labute approximate surface area is 162 Å². The van der Waals surface area contributed by atoms with Crippen LogP contribution in [0.5, 0.6) is 5.75 Å². The van der Waals surface area contributed by atoms with Crippen LogP contribution in [0.15, 0.2) is 54.6 Å². The Hall–Kier alpha value is -2.13. The summed E-state index contributed by atoms with van der Waals surface area (Å²) in [5.41, 5.74) is 2.09. The van der Waals surface area contributed by atoms with Crippen molar-refractivity contribution in [1.29, 1.82) is 0 Å². The van der Waals surface area contributed by atoms with Gasteiger partial charge in [0.1, 0.15) is 5.75 Å². The highest BCUT2D eigenvalue weighted by molar-refractivity contribution is 6.00. The maximum absolute atomic E-state index is 12.7. The van der Waals surface area contributed by atoms with E-state index in [0.29, 0.717) is 5.92 Å². The maximum Gasteiger partial charge on any atom is 0.166 e. The molecule has 0 radical (unpaired) electrons. The third kappa shape index (κ3) is 4.78. The van der Waals surface area contributed by atoms with Crippen LogP contribution in [0.3, 0.4) is 0 Å². The number of ketones is 1. The number of Topliss-reactive ketones (excluding diaryl/α,β-unsaturated/α-hetero) is 1. The molecule has 1 aliphatic heterocycles. The van der Waals surface area contributed by atoms with Crippen molar-refractivity contribution < 1.29 is 9.53 Å². The molecule has 0 bridgehead atoms. The molecule has 27 heavy (non-hydrogen) atoms. The van der Waals surface area contributed by atoms with Crippen LogP contribution in [-0.2, 0) is 0 Å². The molecule has 3 heteroatoms. The van der Waals surface area contributed by atoms with Crippen molar-refractivity contribution in [3.8, 4) is 5.75 Å². The van der Waals surface area contributed by atoms with Crippen LogP contribution in [-0.4, -0.2) is 36.9 Å². The molecule has 2 atom stereocenters. The van der Waals surface area contributed by atoms with Crippen LogP contribution in [0, 0.1) is 5.92 Å². The number of hydrogen-bond donors (Lipinski definition) is 0. The first-order valence-electron chi connectivity index (χ1n) is 10.4. The Morgan fingerprint density at radius 3 is 2.44 bits per heavy atom. The zero-order chi connectivity index (χ0) is 18.5. The van der Waals surface area contributed by atoms with Crippen molar-refractivity contribution in [1.82, 2.24) is 4.90 Å². The first-order chi connectivity index (χ1) is 13.3. The molecule has 2 fully saturated rings. The second kappa shape index (κ2) is 8.71. The number of rotatable bonds is 8. The van der Waals surface area contributed by atoms with E-state index in [-0.39, 0.29) is 11.7 Å². The normalized spacial score (nSPS) is 22.4. The molecule has 2 aromatic rings. The Balaban J connectivity index is 1.22. The standard InChI is InChI=1S/C24H29NO2/c26-24(23-18-22(23)19-8-3-1-4-9-19)20-10-12-21(13-11-20)27-17-7-16-25-14-5-2-6-15-25/h1,3-4,8-13,22-23H,2,5-7,14-18H2. The molecule has 0 aromatic heterocycles. The lowest BCUT2D eigenvalue weighted by Gasteiger charge is -2.26. The molecular weight excluding hydrogens is 334 g/mol. The summed E-state index contributed by atoms with van der Waals surface area (Å²) in [4.78, 5) is 15.2. The molecular formula is C24H29NO2. The Morgan fingerprint density at radius 1 is 0.963 bits per heavy atom. The summed E-state index contributed by atoms with van der Waals surface area (Å²) in [6.45, 7) is 4.34. The van der Waals surface area contributed by atoms with E-state index in [9.17, 15) is 4.79 Å². The minimum absolute atomic E-state index is 0.142. The fourth-order valence-electron chi connectivity index (χ4n) is 4.14. The zero-order valence-electron chi connectivity index (χ0n) is 16.0. The summed E-state index contributed by atoms with van der Waals surface area (Å²) in [6, 6.07) is 18.1. The van der Waals surface area contributed by atoms with Crippen molar-refractivity contribution in [2.45, 2.75) is 38.0 Å². The highest BCUT2D eigenvalue weighted by Crippen LogP contribution is 2.49. The minimum Gasteiger partial charge on any atom is -0.494 e. The van der Waals surface area contributed by atoms with E-state index in [1.165, 1.54) is 37.9 Å². The molecule has 142 valence electrons. The molecule has 1 aliphatic carbocycles. The van der Waals surface area contributed by atoms with E-state index < -0.39 is 0 Å². The van der Waals surface area contributed by atoms with Crippen LogP contribution in [0.4, 0.5) is 0 Å². The van der Waals surface area contributed by atoms with E-state index in [2.05, 4.69) is 17.0 Å². The van der Waals surface area contributed by atoms with Gasteiger partial charge in [-0.1, -0.05) is 36.8 Å². The Kier molecular flexibility index (Phi) is 5.88. The quantitative estimate of drug-likeness (QED) is 0.492. The first kappa shape index (κ1) is 18.2. The first-order valence-corrected chi connectivity index (χ1v) is 10.4. The Morgan fingerprint density at radius 2 is 1.70 bits per heavy atom. The maximum atomic E-state index is 12.7. The average molecular weight is 364 g/mol. The van der Waals surface area contributed by atoms with Crippen LogP contribution in [0.2, 0.25) is 0 Å². The molecule has 0 spiro atoms. The van der Waals surface area contributed by atoms with Gasteiger partial charge in [0.25, 0.3) is 0 Å². The number of nitrogens with zero attached hydrogens (tertiary/aromatic N) is 1. The van der Waals surface area contributed by atoms with Crippen LogP contribution in [0.1, 0.15) is 53.9 Å². The average Bonchev–Trinajstić information content (AvgIpc) is 3.54. The molecule has 1 heterocycles. The number of hydrogen-bond acceptors (Lipinski definition) is 3. The van der Waals surface area contributed by atoms with Gasteiger partial charge in [0.15, 0.2) is 5.78 Å². The van der Waals surface area contributed by atoms with Gasteiger partial charge >= 0.3 is 0 Å². The summed E-state index contributed by atoms with van der Waals surface area (Å²) < 4.78 is 5.86. The second-order valence-corrected chi connectivity index (χ2v) is 7.85. The molecule has 3 nitrogen and oxygen atoms in total. The number of ether oxygens (including phenoxy) is 1. The van der Waals surface area contributed by atoms with E-state index in [4.69, 9.17) is 4.74 Å². The monoisotopic (exact) mass is 363 g/mol. The van der Waals surface area contributed by atoms with Gasteiger partial charge in [-0.25, -0.2) is 0 Å². The van der Waals surface area contributed by atoms with E-state index in [1.54, 1.807) is 0 Å². The van der Waals surface area contributed by atoms with Gasteiger partial charge in [-0.3, -0.25) is 4.79 Å². The summed E-state index contributed by atoms with van der Waals surface area (Å²) in [6.07, 6.45) is 6.08. The number of benzene rings is 2. The van der Waals surface area contributed by atoms with Gasteiger partial charge in [-0.2, -0.15) is 0 Å². The number of carbonyl (C=O) groups excluding carboxylic acids is 1. The van der Waals surface area contributed by atoms with E-state index >= 15 is 0 Å². The SMILES string of the molecule is O=C(c1ccc(OCCCN2CCCCC2)cc1)C1CC1c1ccccc1. The zero-order valence-corrected chi connectivity index (χ0v) is 16.0. The second-order valence-electron chi connectivity index (χ2n) is 7.85. The van der Waals surface area contributed by atoms with Crippen LogP contribution < -0.4 is 4.74 Å². The molecule has 2 aromatic carbocycles. The molecule has 1 saturated carbocycles. The largest absolute Gasteiger partial charge is 0.494 e. The lowest BCUT2D eigenvalue weighted by molar-refractivity contribution is 0.0965. The fraction of sp³-hybridized carbons (Fsp3) is 0.458. The van der Waals surface area contributed by atoms with Crippen molar-refractivity contribution >= 4 is 5.78 Å². The number of likely N-dealkylation sites (tertiary alicyclic amines) is 1. The Bertz CT molecular complexity index is 735. The van der Waals surface area contributed by atoms with Gasteiger partial charge in [0, 0.05) is 18.0 Å².